The van der Waals surface area contributed by atoms with Crippen LogP contribution in [0.15, 0.2) is 40.9 Å². The average Bonchev–Trinajstić information content (AvgIpc) is 2.67. The zero-order valence-corrected chi connectivity index (χ0v) is 10.1. The van der Waals surface area contributed by atoms with Crippen LogP contribution in [0.4, 0.5) is 0 Å². The van der Waals surface area contributed by atoms with Crippen molar-refractivity contribution >= 4 is 21.2 Å². The Morgan fingerprint density at radius 1 is 1.25 bits per heavy atom. The van der Waals surface area contributed by atoms with Crippen LogP contribution in [0.1, 0.15) is 0 Å². The molecule has 0 radical (unpaired) electrons. The third-order valence-corrected chi connectivity index (χ3v) is 4.31. The number of benzene rings is 1. The summed E-state index contributed by atoms with van der Waals surface area (Å²) >= 11 is 1.01. The molecule has 0 N–H and O–H groups in total. The van der Waals surface area contributed by atoms with Crippen LogP contribution in [0, 0.1) is 0 Å². The van der Waals surface area contributed by atoms with Crippen molar-refractivity contribution in [1.29, 1.82) is 0 Å². The maximum atomic E-state index is 11.2. The molecule has 2 aromatic rings. The van der Waals surface area contributed by atoms with E-state index < -0.39 is 9.84 Å². The number of thiazole rings is 1. The minimum absolute atomic E-state index is 0.0680. The van der Waals surface area contributed by atoms with E-state index in [0.717, 1.165) is 17.6 Å². The minimum Gasteiger partial charge on any atom is -0.445 e. The van der Waals surface area contributed by atoms with Gasteiger partial charge in [-0.15, -0.1) is 0 Å². The fraction of sp³-hybridized carbons (Fsp3) is 0.100. The molecule has 16 heavy (non-hydrogen) atoms. The minimum atomic E-state index is -3.25. The summed E-state index contributed by atoms with van der Waals surface area (Å²) in [6, 6.07) is 9.14. The Morgan fingerprint density at radius 2 is 1.94 bits per heavy atom. The lowest BCUT2D eigenvalue weighted by molar-refractivity contribution is 0.495. The van der Waals surface area contributed by atoms with E-state index in [1.165, 1.54) is 6.20 Å². The Morgan fingerprint density at radius 3 is 2.50 bits per heavy atom. The third kappa shape index (κ3) is 2.59. The molecule has 0 atom stereocenters. The largest absolute Gasteiger partial charge is 0.445 e. The van der Waals surface area contributed by atoms with Gasteiger partial charge in [0.05, 0.1) is 6.20 Å². The van der Waals surface area contributed by atoms with Crippen LogP contribution in [0.5, 0.6) is 10.8 Å². The van der Waals surface area contributed by atoms with Crippen molar-refractivity contribution in [2.24, 2.45) is 0 Å². The van der Waals surface area contributed by atoms with Gasteiger partial charge in [0.1, 0.15) is 5.75 Å². The normalized spacial score (nSPS) is 11.3. The monoisotopic (exact) mass is 255 g/mol. The van der Waals surface area contributed by atoms with Crippen molar-refractivity contribution in [1.82, 2.24) is 4.98 Å². The molecule has 0 aliphatic heterocycles. The molecule has 0 spiro atoms. The third-order valence-electron chi connectivity index (χ3n) is 1.74. The summed E-state index contributed by atoms with van der Waals surface area (Å²) in [5.41, 5.74) is 0. The molecule has 6 heteroatoms. The number of sulfone groups is 1. The summed E-state index contributed by atoms with van der Waals surface area (Å²) in [6.45, 7) is 0. The number of hydrogen-bond donors (Lipinski definition) is 0. The summed E-state index contributed by atoms with van der Waals surface area (Å²) < 4.78 is 27.9. The van der Waals surface area contributed by atoms with E-state index in [1.807, 2.05) is 18.2 Å². The van der Waals surface area contributed by atoms with Crippen LogP contribution >= 0.6 is 11.3 Å². The topological polar surface area (TPSA) is 56.3 Å². The molecule has 0 unspecified atom stereocenters. The molecule has 0 aliphatic rings. The van der Waals surface area contributed by atoms with Crippen LogP contribution in [-0.2, 0) is 9.84 Å². The number of hydrogen-bond acceptors (Lipinski definition) is 5. The molecule has 1 aromatic heterocycles. The van der Waals surface area contributed by atoms with Gasteiger partial charge in [-0.3, -0.25) is 0 Å². The van der Waals surface area contributed by atoms with Crippen molar-refractivity contribution in [2.45, 2.75) is 4.34 Å². The molecule has 0 saturated carbocycles. The predicted molar refractivity (Wildman–Crippen MR) is 61.7 cm³/mol. The number of nitrogens with zero attached hydrogens (tertiary/aromatic N) is 1. The first-order valence-corrected chi connectivity index (χ1v) is 7.15. The summed E-state index contributed by atoms with van der Waals surface area (Å²) in [6.07, 6.45) is 2.53. The Hall–Kier alpha value is -1.40. The SMILES string of the molecule is CS(=O)(=O)c1ncc(Oc2ccccc2)s1. The van der Waals surface area contributed by atoms with Gasteiger partial charge in [-0.05, 0) is 12.1 Å². The van der Waals surface area contributed by atoms with Crippen LogP contribution < -0.4 is 4.74 Å². The highest BCUT2D eigenvalue weighted by Crippen LogP contribution is 2.29. The van der Waals surface area contributed by atoms with E-state index in [1.54, 1.807) is 12.1 Å². The number of para-hydroxylation sites is 1. The van der Waals surface area contributed by atoms with Crippen molar-refractivity contribution < 1.29 is 13.2 Å². The molecule has 2 rings (SSSR count). The molecule has 84 valence electrons. The van der Waals surface area contributed by atoms with Crippen molar-refractivity contribution in [3.8, 4) is 10.8 Å². The molecule has 0 bridgehead atoms. The predicted octanol–water partition coefficient (Wildman–Crippen LogP) is 2.34. The average molecular weight is 255 g/mol. The first kappa shape index (κ1) is 11.1. The van der Waals surface area contributed by atoms with Gasteiger partial charge < -0.3 is 4.74 Å². The lowest BCUT2D eigenvalue weighted by Gasteiger charge is -1.99. The fourth-order valence-corrected chi connectivity index (χ4v) is 2.68. The second kappa shape index (κ2) is 4.23. The maximum absolute atomic E-state index is 11.2. The van der Waals surface area contributed by atoms with Gasteiger partial charge >= 0.3 is 0 Å². The van der Waals surface area contributed by atoms with E-state index in [9.17, 15) is 8.42 Å². The zero-order chi connectivity index (χ0) is 11.6. The first-order chi connectivity index (χ1) is 7.55. The molecule has 0 saturated heterocycles. The van der Waals surface area contributed by atoms with Gasteiger partial charge in [-0.1, -0.05) is 29.5 Å². The van der Waals surface area contributed by atoms with Crippen LogP contribution in [0.3, 0.4) is 0 Å². The Balaban J connectivity index is 2.22. The smallest absolute Gasteiger partial charge is 0.212 e. The van der Waals surface area contributed by atoms with Crippen LogP contribution in [0.2, 0.25) is 0 Å². The van der Waals surface area contributed by atoms with Gasteiger partial charge in [0.15, 0.2) is 0 Å². The van der Waals surface area contributed by atoms with Crippen molar-refractivity contribution in [3.63, 3.8) is 0 Å². The highest BCUT2D eigenvalue weighted by molar-refractivity contribution is 7.92. The lowest BCUT2D eigenvalue weighted by atomic mass is 10.3. The maximum Gasteiger partial charge on any atom is 0.212 e. The molecular weight excluding hydrogens is 246 g/mol. The summed E-state index contributed by atoms with van der Waals surface area (Å²) in [4.78, 5) is 3.79. The van der Waals surface area contributed by atoms with E-state index in [0.29, 0.717) is 10.8 Å². The Kier molecular flexibility index (Phi) is 2.93. The molecule has 0 fully saturated rings. The van der Waals surface area contributed by atoms with Gasteiger partial charge in [0, 0.05) is 6.26 Å². The van der Waals surface area contributed by atoms with Gasteiger partial charge in [-0.2, -0.15) is 0 Å². The van der Waals surface area contributed by atoms with E-state index in [4.69, 9.17) is 4.74 Å². The fourth-order valence-electron chi connectivity index (χ4n) is 1.07. The Bertz CT molecular complexity index is 575. The van der Waals surface area contributed by atoms with Gasteiger partial charge in [0.25, 0.3) is 0 Å². The first-order valence-electron chi connectivity index (χ1n) is 4.44. The molecule has 4 nitrogen and oxygen atoms in total. The molecule has 1 aromatic carbocycles. The highest BCUT2D eigenvalue weighted by atomic mass is 32.2. The second-order valence-electron chi connectivity index (χ2n) is 3.13. The Labute approximate surface area is 97.5 Å². The highest BCUT2D eigenvalue weighted by Gasteiger charge is 2.13. The van der Waals surface area contributed by atoms with E-state index in [2.05, 4.69) is 4.98 Å². The number of ether oxygens (including phenoxy) is 1. The van der Waals surface area contributed by atoms with E-state index >= 15 is 0 Å². The molecule has 1 heterocycles. The van der Waals surface area contributed by atoms with Crippen molar-refractivity contribution in [3.05, 3.63) is 36.5 Å². The lowest BCUT2D eigenvalue weighted by Crippen LogP contribution is -1.94. The van der Waals surface area contributed by atoms with E-state index in [-0.39, 0.29) is 4.34 Å². The summed E-state index contributed by atoms with van der Waals surface area (Å²) in [5, 5.41) is 0.464. The second-order valence-corrected chi connectivity index (χ2v) is 6.32. The number of rotatable bonds is 3. The molecular formula is C10H9NO3S2. The standard InChI is InChI=1S/C10H9NO3S2/c1-16(12,13)10-11-7-9(15-10)14-8-5-3-2-4-6-8/h2-7H,1H3. The van der Waals surface area contributed by atoms with Crippen LogP contribution in [-0.4, -0.2) is 19.7 Å². The molecule has 0 amide bonds. The van der Waals surface area contributed by atoms with Crippen molar-refractivity contribution in [2.75, 3.05) is 6.26 Å². The molecule has 0 aliphatic carbocycles. The number of aromatic nitrogens is 1. The summed E-state index contributed by atoms with van der Waals surface area (Å²) in [7, 11) is -3.25. The quantitative estimate of drug-likeness (QED) is 0.844. The van der Waals surface area contributed by atoms with Gasteiger partial charge in [-0.25, -0.2) is 13.4 Å². The van der Waals surface area contributed by atoms with Gasteiger partial charge in [0.2, 0.25) is 19.2 Å². The van der Waals surface area contributed by atoms with Crippen LogP contribution in [0.25, 0.3) is 0 Å². The zero-order valence-electron chi connectivity index (χ0n) is 8.45. The summed E-state index contributed by atoms with van der Waals surface area (Å²) in [5.74, 6) is 0.659.